The van der Waals surface area contributed by atoms with Crippen molar-refractivity contribution in [2.45, 2.75) is 19.9 Å². The summed E-state index contributed by atoms with van der Waals surface area (Å²) in [5.74, 6) is -0.229. The minimum absolute atomic E-state index is 0.0535. The topological polar surface area (TPSA) is 99.3 Å². The molecule has 84 valence electrons. The lowest BCUT2D eigenvalue weighted by atomic mass is 10.1. The van der Waals surface area contributed by atoms with Crippen LogP contribution in [0.2, 0.25) is 0 Å². The van der Waals surface area contributed by atoms with Crippen LogP contribution in [-0.4, -0.2) is 38.7 Å². The lowest BCUT2D eigenvalue weighted by molar-refractivity contribution is 0.475. The van der Waals surface area contributed by atoms with E-state index in [2.05, 4.69) is 4.72 Å². The number of rotatable bonds is 5. The summed E-state index contributed by atoms with van der Waals surface area (Å²) in [6.45, 7) is 3.59. The van der Waals surface area contributed by atoms with Crippen molar-refractivity contribution in [1.29, 1.82) is 5.41 Å². The molecular weight excluding hydrogens is 204 g/mol. The first-order valence-corrected chi connectivity index (χ1v) is 5.66. The molecule has 0 aliphatic heterocycles. The van der Waals surface area contributed by atoms with Gasteiger partial charge in [0.05, 0.1) is 6.04 Å². The van der Waals surface area contributed by atoms with Gasteiger partial charge in [-0.1, -0.05) is 13.8 Å². The first-order valence-electron chi connectivity index (χ1n) is 4.22. The molecular formula is C7H18N4O2S. The van der Waals surface area contributed by atoms with Crippen LogP contribution in [0.4, 0.5) is 0 Å². The molecule has 0 bridgehead atoms. The second-order valence-electron chi connectivity index (χ2n) is 3.58. The van der Waals surface area contributed by atoms with Crippen LogP contribution < -0.4 is 10.5 Å². The van der Waals surface area contributed by atoms with Gasteiger partial charge in [0.25, 0.3) is 10.2 Å². The van der Waals surface area contributed by atoms with E-state index in [9.17, 15) is 8.42 Å². The van der Waals surface area contributed by atoms with Crippen LogP contribution >= 0.6 is 0 Å². The van der Waals surface area contributed by atoms with Crippen molar-refractivity contribution in [2.75, 3.05) is 14.1 Å². The number of nitrogens with two attached hydrogens (primary N) is 1. The smallest absolute Gasteiger partial charge is 0.279 e. The van der Waals surface area contributed by atoms with E-state index in [0.717, 1.165) is 4.31 Å². The molecule has 0 radical (unpaired) electrons. The number of amidine groups is 1. The Balaban J connectivity index is 4.71. The molecule has 0 aromatic carbocycles. The van der Waals surface area contributed by atoms with E-state index in [-0.39, 0.29) is 11.8 Å². The van der Waals surface area contributed by atoms with E-state index in [1.807, 2.05) is 0 Å². The van der Waals surface area contributed by atoms with E-state index in [1.165, 1.54) is 14.1 Å². The Hall–Kier alpha value is -0.660. The van der Waals surface area contributed by atoms with Gasteiger partial charge in [-0.3, -0.25) is 5.41 Å². The molecule has 0 aliphatic carbocycles. The molecule has 0 aliphatic rings. The van der Waals surface area contributed by atoms with Gasteiger partial charge in [0.2, 0.25) is 0 Å². The minimum Gasteiger partial charge on any atom is -0.386 e. The molecule has 1 atom stereocenters. The highest BCUT2D eigenvalue weighted by atomic mass is 32.2. The van der Waals surface area contributed by atoms with Crippen LogP contribution in [0.1, 0.15) is 13.8 Å². The summed E-state index contributed by atoms with van der Waals surface area (Å²) in [5.41, 5.74) is 5.28. The number of hydrogen-bond acceptors (Lipinski definition) is 3. The van der Waals surface area contributed by atoms with Gasteiger partial charge in [-0.05, 0) is 5.92 Å². The summed E-state index contributed by atoms with van der Waals surface area (Å²) in [7, 11) is -0.692. The molecule has 6 nitrogen and oxygen atoms in total. The largest absolute Gasteiger partial charge is 0.386 e. The number of nitrogens with zero attached hydrogens (tertiary/aromatic N) is 1. The maximum Gasteiger partial charge on any atom is 0.279 e. The van der Waals surface area contributed by atoms with Crippen LogP contribution in [0.5, 0.6) is 0 Å². The Labute approximate surface area is 85.2 Å². The molecule has 4 N–H and O–H groups in total. The Kier molecular flexibility index (Phi) is 4.50. The molecule has 7 heteroatoms. The van der Waals surface area contributed by atoms with Gasteiger partial charge in [-0.25, -0.2) is 0 Å². The third-order valence-corrected chi connectivity index (χ3v) is 3.27. The van der Waals surface area contributed by atoms with E-state index in [1.54, 1.807) is 13.8 Å². The van der Waals surface area contributed by atoms with E-state index in [0.29, 0.717) is 0 Å². The number of nitrogens with one attached hydrogen (secondary N) is 2. The van der Waals surface area contributed by atoms with Crippen molar-refractivity contribution in [3.05, 3.63) is 0 Å². The first-order chi connectivity index (χ1) is 6.18. The molecule has 0 amide bonds. The lowest BCUT2D eigenvalue weighted by Gasteiger charge is -2.22. The van der Waals surface area contributed by atoms with Gasteiger partial charge in [-0.15, -0.1) is 0 Å². The highest BCUT2D eigenvalue weighted by molar-refractivity contribution is 7.87. The molecule has 0 saturated heterocycles. The van der Waals surface area contributed by atoms with Crippen LogP contribution in [-0.2, 0) is 10.2 Å². The summed E-state index contributed by atoms with van der Waals surface area (Å²) < 4.78 is 26.2. The van der Waals surface area contributed by atoms with Crippen molar-refractivity contribution in [3.8, 4) is 0 Å². The maximum absolute atomic E-state index is 11.4. The monoisotopic (exact) mass is 222 g/mol. The third kappa shape index (κ3) is 3.60. The normalized spacial score (nSPS) is 14.7. The van der Waals surface area contributed by atoms with Crippen molar-refractivity contribution in [1.82, 2.24) is 9.03 Å². The van der Waals surface area contributed by atoms with Gasteiger partial charge in [0, 0.05) is 14.1 Å². The summed E-state index contributed by atoms with van der Waals surface area (Å²) >= 11 is 0. The lowest BCUT2D eigenvalue weighted by Crippen LogP contribution is -2.50. The Bertz CT molecular complexity index is 297. The van der Waals surface area contributed by atoms with Crippen molar-refractivity contribution in [3.63, 3.8) is 0 Å². The van der Waals surface area contributed by atoms with Gasteiger partial charge in [0.1, 0.15) is 5.84 Å². The second kappa shape index (κ2) is 4.72. The second-order valence-corrected chi connectivity index (χ2v) is 5.50. The molecule has 0 heterocycles. The van der Waals surface area contributed by atoms with Crippen LogP contribution in [0, 0.1) is 11.3 Å². The highest BCUT2D eigenvalue weighted by Gasteiger charge is 2.24. The minimum atomic E-state index is -3.52. The predicted octanol–water partition coefficient (Wildman–Crippen LogP) is -0.657. The Morgan fingerprint density at radius 1 is 1.43 bits per heavy atom. The van der Waals surface area contributed by atoms with Crippen LogP contribution in [0.3, 0.4) is 0 Å². The molecule has 0 spiro atoms. The maximum atomic E-state index is 11.4. The molecule has 0 aromatic heterocycles. The van der Waals surface area contributed by atoms with Crippen molar-refractivity contribution in [2.24, 2.45) is 11.7 Å². The Morgan fingerprint density at radius 3 is 2.07 bits per heavy atom. The standard InChI is InChI=1S/C7H18N4O2S/c1-5(2)6(7(8)9)10-14(12,13)11(3)4/h5-6,10H,1-4H3,(H3,8,9). The summed E-state index contributed by atoms with van der Waals surface area (Å²) in [4.78, 5) is 0. The number of hydrogen-bond donors (Lipinski definition) is 3. The zero-order valence-corrected chi connectivity index (χ0v) is 9.72. The molecule has 0 saturated carbocycles. The fourth-order valence-electron chi connectivity index (χ4n) is 0.825. The quantitative estimate of drug-likeness (QED) is 0.425. The molecule has 1 unspecified atom stereocenters. The molecule has 0 aromatic rings. The average Bonchev–Trinajstić information content (AvgIpc) is 1.98. The van der Waals surface area contributed by atoms with Gasteiger partial charge >= 0.3 is 0 Å². The first kappa shape index (κ1) is 13.3. The van der Waals surface area contributed by atoms with Gasteiger partial charge in [0.15, 0.2) is 0 Å². The van der Waals surface area contributed by atoms with Crippen molar-refractivity contribution >= 4 is 16.0 Å². The summed E-state index contributed by atoms with van der Waals surface area (Å²) in [5, 5.41) is 7.24. The fourth-order valence-corrected chi connectivity index (χ4v) is 1.76. The summed E-state index contributed by atoms with van der Waals surface area (Å²) in [6.07, 6.45) is 0. The molecule has 0 fully saturated rings. The van der Waals surface area contributed by atoms with E-state index < -0.39 is 16.3 Å². The van der Waals surface area contributed by atoms with E-state index >= 15 is 0 Å². The Morgan fingerprint density at radius 2 is 1.86 bits per heavy atom. The highest BCUT2D eigenvalue weighted by Crippen LogP contribution is 2.03. The molecule has 0 rings (SSSR count). The van der Waals surface area contributed by atoms with Gasteiger partial charge in [-0.2, -0.15) is 17.4 Å². The van der Waals surface area contributed by atoms with Crippen LogP contribution in [0.15, 0.2) is 0 Å². The van der Waals surface area contributed by atoms with Gasteiger partial charge < -0.3 is 5.73 Å². The fraction of sp³-hybridized carbons (Fsp3) is 0.857. The predicted molar refractivity (Wildman–Crippen MR) is 56.3 cm³/mol. The van der Waals surface area contributed by atoms with Crippen molar-refractivity contribution < 1.29 is 8.42 Å². The molecule has 14 heavy (non-hydrogen) atoms. The summed E-state index contributed by atoms with van der Waals surface area (Å²) in [6, 6.07) is -0.651. The van der Waals surface area contributed by atoms with E-state index in [4.69, 9.17) is 11.1 Å². The third-order valence-electron chi connectivity index (χ3n) is 1.76. The average molecular weight is 222 g/mol. The zero-order chi connectivity index (χ0) is 11.5. The zero-order valence-electron chi connectivity index (χ0n) is 8.90. The van der Waals surface area contributed by atoms with Crippen LogP contribution in [0.25, 0.3) is 0 Å². The SMILES string of the molecule is CC(C)C(NS(=O)(=O)N(C)C)C(=N)N.